The largest absolute Gasteiger partial charge is 0.393 e. The molecule has 6 aliphatic carbocycles. The summed E-state index contributed by atoms with van der Waals surface area (Å²) >= 11 is 0. The average molecular weight is 2000 g/mol. The van der Waals surface area contributed by atoms with Crippen LogP contribution in [-0.4, -0.2) is 268 Å². The highest BCUT2D eigenvalue weighted by Gasteiger charge is 2.41. The number of para-hydroxylation sites is 1. The number of nitrogens with one attached hydrogen (secondary N) is 10. The Morgan fingerprint density at radius 3 is 0.891 bits per heavy atom. The SMILES string of the molecule is CC1CN(C)CC(C)N1S(=O)(=O)NC(=O)Nc1c2c(cc3c1CCC3)CCC2.CC1CN(S(=O)(=O)NC(=O)Nc2c3c(cc4c2CCC4)CCC3)CC(C)N1C.CCN1CCN(S(=O)(=O)NC(=O)Nc2c(C(C)C)cccc2C(C)C)CC1.CCN1CCN(S(=O)(=O)NC(=O)Nc2c3c(cc4c2CCC4)CCC3)CC1.Cc1cc(C(C)C)c(NC(=O)NS(=O)(=O)N2CCC(O)CC2)c(C(C)C)c1. The number of carbonyl (C=O) groups excluding carboxylic acids is 5. The van der Waals surface area contributed by atoms with E-state index in [1.165, 1.54) is 88.3 Å². The van der Waals surface area contributed by atoms with Crippen molar-refractivity contribution in [1.82, 2.24) is 64.7 Å². The molecule has 11 N–H and O–H groups in total. The molecule has 4 unspecified atom stereocenters. The van der Waals surface area contributed by atoms with E-state index in [4.69, 9.17) is 0 Å². The van der Waals surface area contributed by atoms with E-state index in [0.717, 1.165) is 174 Å². The van der Waals surface area contributed by atoms with Crippen molar-refractivity contribution in [2.75, 3.05) is 145 Å². The number of hydrogen-bond acceptors (Lipinski definition) is 20. The van der Waals surface area contributed by atoms with Gasteiger partial charge in [-0.3, -0.25) is 4.90 Å². The molecular formula is C97H151N19O16S5. The van der Waals surface area contributed by atoms with Crippen molar-refractivity contribution in [3.63, 3.8) is 0 Å². The summed E-state index contributed by atoms with van der Waals surface area (Å²) in [6.45, 7) is 38.8. The van der Waals surface area contributed by atoms with Crippen molar-refractivity contribution in [2.45, 2.75) is 286 Å². The maximum absolute atomic E-state index is 12.9. The summed E-state index contributed by atoms with van der Waals surface area (Å²) in [5, 5.41) is 23.8. The summed E-state index contributed by atoms with van der Waals surface area (Å²) in [5.41, 5.74) is 24.0. The molecule has 0 saturated carbocycles. The van der Waals surface area contributed by atoms with Crippen LogP contribution >= 0.6 is 0 Å². The maximum Gasteiger partial charge on any atom is 0.333 e. The minimum Gasteiger partial charge on any atom is -0.393 e. The molecule has 0 aromatic heterocycles. The second-order valence-electron chi connectivity index (χ2n) is 40.0. The quantitative estimate of drug-likeness (QED) is 0.0325. The highest BCUT2D eigenvalue weighted by molar-refractivity contribution is 7.88. The van der Waals surface area contributed by atoms with Crippen LogP contribution in [0.25, 0.3) is 0 Å². The van der Waals surface area contributed by atoms with Gasteiger partial charge < -0.3 is 46.4 Å². The number of amides is 10. The Kier molecular flexibility index (Phi) is 36.3. The fraction of sp³-hybridized carbons (Fsp3) is 0.639. The van der Waals surface area contributed by atoms with Gasteiger partial charge in [0, 0.05) is 144 Å². The van der Waals surface area contributed by atoms with Crippen LogP contribution in [0.2, 0.25) is 0 Å². The molecular weight excluding hydrogens is 1850 g/mol. The molecule has 5 saturated heterocycles. The normalized spacial score (nSPS) is 21.0. The number of piperidine rings is 1. The molecule has 0 spiro atoms. The highest BCUT2D eigenvalue weighted by atomic mass is 32.2. The van der Waals surface area contributed by atoms with Crippen LogP contribution in [0.4, 0.5) is 52.4 Å². The van der Waals surface area contributed by atoms with E-state index in [-0.39, 0.29) is 60.9 Å². The Balaban J connectivity index is 0.000000154. The summed E-state index contributed by atoms with van der Waals surface area (Å²) in [4.78, 5) is 71.6. The summed E-state index contributed by atoms with van der Waals surface area (Å²) in [6.07, 6.45) is 18.7. The Morgan fingerprint density at radius 1 is 0.343 bits per heavy atom. The molecule has 0 bridgehead atoms. The van der Waals surface area contributed by atoms with Crippen LogP contribution in [0.15, 0.2) is 48.5 Å². The first-order valence-electron chi connectivity index (χ1n) is 49.4. The Bertz CT molecular complexity index is 5630. The summed E-state index contributed by atoms with van der Waals surface area (Å²) in [7, 11) is -15.4. The van der Waals surface area contributed by atoms with Gasteiger partial charge in [-0.25, -0.2) is 47.6 Å². The molecule has 4 atom stereocenters. The van der Waals surface area contributed by atoms with E-state index in [0.29, 0.717) is 103 Å². The average Bonchev–Trinajstić information content (AvgIpc) is 1.64. The predicted molar refractivity (Wildman–Crippen MR) is 542 cm³/mol. The lowest BCUT2D eigenvalue weighted by molar-refractivity contribution is 0.104. The van der Waals surface area contributed by atoms with Gasteiger partial charge in [-0.15, -0.1) is 0 Å². The number of piperazine rings is 4. The first kappa shape index (κ1) is 108. The van der Waals surface area contributed by atoms with Gasteiger partial charge in [0.25, 0.3) is 0 Å². The van der Waals surface area contributed by atoms with Gasteiger partial charge in [-0.05, 0) is 303 Å². The lowest BCUT2D eigenvalue weighted by atomic mass is 9.90. The molecule has 5 aromatic rings. The zero-order valence-electron chi connectivity index (χ0n) is 83.4. The summed E-state index contributed by atoms with van der Waals surface area (Å²) < 4.78 is 144. The van der Waals surface area contributed by atoms with Gasteiger partial charge in [0.1, 0.15) is 0 Å². The number of fused-ring (bicyclic) bond motifs is 6. The lowest BCUT2D eigenvalue weighted by Crippen LogP contribution is -2.60. The number of likely N-dealkylation sites (N-methyl/N-ethyl adjacent to an activating group) is 4. The van der Waals surface area contributed by atoms with Crippen molar-refractivity contribution in [1.29, 1.82) is 0 Å². The molecule has 16 rings (SSSR count). The Labute approximate surface area is 814 Å². The number of anilines is 5. The van der Waals surface area contributed by atoms with Crippen LogP contribution in [0.5, 0.6) is 0 Å². The number of aliphatic hydroxyl groups excluding tert-OH is 1. The smallest absolute Gasteiger partial charge is 0.333 e. The van der Waals surface area contributed by atoms with E-state index in [1.807, 2.05) is 141 Å². The zero-order valence-corrected chi connectivity index (χ0v) is 87.5. The third-order valence-electron chi connectivity index (χ3n) is 28.6. The van der Waals surface area contributed by atoms with Crippen molar-refractivity contribution in [3.05, 3.63) is 143 Å². The lowest BCUT2D eigenvalue weighted by Gasteiger charge is -2.41. The molecule has 137 heavy (non-hydrogen) atoms. The van der Waals surface area contributed by atoms with E-state index in [2.05, 4.69) is 94.9 Å². The second-order valence-corrected chi connectivity index (χ2v) is 48.2. The molecule has 5 fully saturated rings. The van der Waals surface area contributed by atoms with Crippen LogP contribution in [0.3, 0.4) is 0 Å². The molecule has 40 heteroatoms. The molecule has 5 aromatic carbocycles. The van der Waals surface area contributed by atoms with E-state index in [1.54, 1.807) is 0 Å². The van der Waals surface area contributed by atoms with Gasteiger partial charge in [0.15, 0.2) is 0 Å². The van der Waals surface area contributed by atoms with Crippen LogP contribution in [-0.2, 0) is 128 Å². The fourth-order valence-electron chi connectivity index (χ4n) is 21.3. The van der Waals surface area contributed by atoms with E-state index < -0.39 is 87.3 Å². The van der Waals surface area contributed by atoms with E-state index in [9.17, 15) is 71.2 Å². The number of aliphatic hydroxyl groups is 1. The third kappa shape index (κ3) is 26.8. The first-order valence-corrected chi connectivity index (χ1v) is 56.6. The highest BCUT2D eigenvalue weighted by Crippen LogP contribution is 2.43. The first-order chi connectivity index (χ1) is 64.7. The van der Waals surface area contributed by atoms with Gasteiger partial charge in [0.05, 0.1) is 6.10 Å². The Morgan fingerprint density at radius 2 is 0.606 bits per heavy atom. The fourth-order valence-corrected chi connectivity index (χ4v) is 27.3. The number of hydrogen-bond donors (Lipinski definition) is 11. The Hall–Kier alpha value is -8.20. The molecule has 5 heterocycles. The number of nitrogens with zero attached hydrogens (tertiary/aromatic N) is 9. The van der Waals surface area contributed by atoms with Crippen molar-refractivity contribution in [3.8, 4) is 0 Å². The molecule has 35 nitrogen and oxygen atoms in total. The van der Waals surface area contributed by atoms with Crippen molar-refractivity contribution in [2.24, 2.45) is 0 Å². The second kappa shape index (κ2) is 46.2. The third-order valence-corrected chi connectivity index (χ3v) is 36.2. The van der Waals surface area contributed by atoms with Crippen molar-refractivity contribution >= 4 is 110 Å². The van der Waals surface area contributed by atoms with Gasteiger partial charge in [-0.1, -0.05) is 123 Å². The minimum atomic E-state index is -3.94. The monoisotopic (exact) mass is 2000 g/mol. The van der Waals surface area contributed by atoms with Gasteiger partial charge in [-0.2, -0.15) is 63.6 Å². The van der Waals surface area contributed by atoms with Gasteiger partial charge >= 0.3 is 81.2 Å². The van der Waals surface area contributed by atoms with Crippen LogP contribution in [0.1, 0.15) is 267 Å². The summed E-state index contributed by atoms with van der Waals surface area (Å²) in [6, 6.07) is 13.2. The zero-order chi connectivity index (χ0) is 99.7. The standard InChI is InChI=1S/2C20H30N4O3S.C19H28N4O3S.C19H32N4O3S.C19H31N3O4S/c1-13-11-24(12-14(2)23(13)3)28(26,27)22-20(25)21-19-17-8-4-6-15(17)10-16-7-5-9-18(16)19;1-13-11-23(3)12-14(2)24(13)28(26,27)22-20(25)21-19-17-8-4-6-15(17)10-16-7-5-9-18(16)19;1-2-22-9-11-23(12-10-22)27(25,26)21-19(24)20-18-16-7-3-5-14(16)13-15-6-4-8-17(15)18;1-6-22-10-12-23(13-11-22)27(25,26)21-19(24)20-18-16(14(2)3)8-7-9-17(18)15(4)5;1-12(2)16-10-14(5)11-17(13(3)4)18(16)20-19(24)21-27(25,26)22-8-6-15(23)7-9-22/h2*10,13-14H,4-9,11-12H2,1-3H3,(H2,21,22,25);13H,2-12H2,1H3,(H2,20,21,24);7-9,14-15H,6,10-13H2,1-5H3,(H2,20,21,24);10-13,15,23H,6-9H2,1-5H3,(H2,20,21,24). The molecule has 10 amide bonds. The van der Waals surface area contributed by atoms with E-state index >= 15 is 0 Å². The molecule has 0 radical (unpaired) electrons. The number of carbonyl (C=O) groups is 5. The molecule has 11 aliphatic rings. The van der Waals surface area contributed by atoms with Crippen molar-refractivity contribution < 1.29 is 71.2 Å². The van der Waals surface area contributed by atoms with Crippen LogP contribution < -0.4 is 50.2 Å². The number of rotatable bonds is 21. The topological polar surface area (TPSA) is 426 Å². The maximum atomic E-state index is 12.9. The number of aryl methyl sites for hydroxylation is 7. The van der Waals surface area contributed by atoms with Crippen LogP contribution in [0, 0.1) is 6.92 Å². The number of benzene rings is 5. The predicted octanol–water partition coefficient (Wildman–Crippen LogP) is 11.8. The summed E-state index contributed by atoms with van der Waals surface area (Å²) in [5.74, 6) is 0.770. The van der Waals surface area contributed by atoms with Gasteiger partial charge in [0.2, 0.25) is 0 Å². The molecule has 5 aliphatic heterocycles. The number of urea groups is 5. The minimum absolute atomic E-state index is 0.101. The molecule has 760 valence electrons.